The Morgan fingerprint density at radius 2 is 0.841 bits per heavy atom. The van der Waals surface area contributed by atoms with E-state index in [0.717, 1.165) is 99.5 Å². The Hall–Kier alpha value is -9.39. The van der Waals surface area contributed by atoms with Crippen LogP contribution >= 0.6 is 0 Å². The van der Waals surface area contributed by atoms with Crippen molar-refractivity contribution in [3.63, 3.8) is 0 Å². The summed E-state index contributed by atoms with van der Waals surface area (Å²) in [4.78, 5) is 15.0. The van der Waals surface area contributed by atoms with E-state index < -0.39 is 0 Å². The van der Waals surface area contributed by atoms with Crippen molar-refractivity contribution < 1.29 is 8.83 Å². The zero-order valence-corrected chi connectivity index (χ0v) is 37.0. The smallest absolute Gasteiger partial charge is 0.164 e. The summed E-state index contributed by atoms with van der Waals surface area (Å²) in [6.07, 6.45) is 0. The van der Waals surface area contributed by atoms with Crippen LogP contribution in [0.1, 0.15) is 0 Å². The van der Waals surface area contributed by atoms with Crippen molar-refractivity contribution in [1.82, 2.24) is 19.5 Å². The van der Waals surface area contributed by atoms with Crippen molar-refractivity contribution in [2.45, 2.75) is 0 Å². The quantitative estimate of drug-likeness (QED) is 0.159. The van der Waals surface area contributed by atoms with E-state index in [0.29, 0.717) is 17.5 Å². The van der Waals surface area contributed by atoms with Crippen LogP contribution < -0.4 is 0 Å². The molecule has 0 unspecified atom stereocenters. The maximum atomic E-state index is 7.05. The molecular formula is C63H38N4O2. The lowest BCUT2D eigenvalue weighted by molar-refractivity contribution is 0.666. The van der Waals surface area contributed by atoms with Gasteiger partial charge in [0.1, 0.15) is 16.7 Å². The molecule has 14 rings (SSSR count). The van der Waals surface area contributed by atoms with Gasteiger partial charge in [-0.25, -0.2) is 15.0 Å². The Morgan fingerprint density at radius 1 is 0.290 bits per heavy atom. The van der Waals surface area contributed by atoms with Crippen LogP contribution in [0.15, 0.2) is 239 Å². The van der Waals surface area contributed by atoms with E-state index in [9.17, 15) is 0 Å². The van der Waals surface area contributed by atoms with Crippen molar-refractivity contribution in [2.75, 3.05) is 0 Å². The highest BCUT2D eigenvalue weighted by atomic mass is 16.3. The summed E-state index contributed by atoms with van der Waals surface area (Å²) in [6, 6.07) is 80.3. The largest absolute Gasteiger partial charge is 0.455 e. The second kappa shape index (κ2) is 15.6. The molecule has 0 aliphatic carbocycles. The Morgan fingerprint density at radius 3 is 1.61 bits per heavy atom. The first kappa shape index (κ1) is 38.8. The Bertz CT molecular complexity index is 4250. The molecule has 0 spiro atoms. The lowest BCUT2D eigenvalue weighted by atomic mass is 9.95. The second-order valence-electron chi connectivity index (χ2n) is 17.5. The molecule has 0 radical (unpaired) electrons. The molecule has 6 nitrogen and oxygen atoms in total. The predicted octanol–water partition coefficient (Wildman–Crippen LogP) is 16.8. The molecule has 0 N–H and O–H groups in total. The highest BCUT2D eigenvalue weighted by Crippen LogP contribution is 2.47. The first-order valence-corrected chi connectivity index (χ1v) is 23.2. The predicted molar refractivity (Wildman–Crippen MR) is 281 cm³/mol. The number of furan rings is 2. The number of rotatable bonds is 7. The SMILES string of the molecule is c1ccc(-c2ccc3c(c2)c2ccccc2n3-c2c(-c3cccc4c3oc3cccc(-c5cccc(-c6nc(-c7ccccc7)nc(-c7ccccc7)n6)c5)c34)ccc3c2oc2ccccc23)cc1. The van der Waals surface area contributed by atoms with E-state index in [4.69, 9.17) is 23.8 Å². The number of benzene rings is 10. The molecule has 0 saturated carbocycles. The summed E-state index contributed by atoms with van der Waals surface area (Å²) >= 11 is 0. The number of nitrogens with zero attached hydrogens (tertiary/aromatic N) is 4. The van der Waals surface area contributed by atoms with Crippen molar-refractivity contribution in [2.24, 2.45) is 0 Å². The van der Waals surface area contributed by atoms with Gasteiger partial charge in [-0.3, -0.25) is 0 Å². The molecule has 0 amide bonds. The lowest BCUT2D eigenvalue weighted by Crippen LogP contribution is -2.00. The van der Waals surface area contributed by atoms with Crippen molar-refractivity contribution >= 4 is 65.7 Å². The molecule has 0 bridgehead atoms. The van der Waals surface area contributed by atoms with E-state index in [1.54, 1.807) is 0 Å². The fourth-order valence-corrected chi connectivity index (χ4v) is 10.3. The summed E-state index contributed by atoms with van der Waals surface area (Å²) in [6.45, 7) is 0. The number of hydrogen-bond acceptors (Lipinski definition) is 5. The summed E-state index contributed by atoms with van der Waals surface area (Å²) < 4.78 is 16.4. The molecule has 6 heteroatoms. The molecule has 0 fully saturated rings. The maximum absolute atomic E-state index is 7.05. The molecule has 69 heavy (non-hydrogen) atoms. The third-order valence-electron chi connectivity index (χ3n) is 13.5. The van der Waals surface area contributed by atoms with Gasteiger partial charge in [-0.15, -0.1) is 0 Å². The maximum Gasteiger partial charge on any atom is 0.164 e. The average molecular weight is 883 g/mol. The minimum absolute atomic E-state index is 0.603. The Labute approximate surface area is 396 Å². The fraction of sp³-hybridized carbons (Fsp3) is 0. The molecule has 322 valence electrons. The van der Waals surface area contributed by atoms with Crippen molar-refractivity contribution in [1.29, 1.82) is 0 Å². The molecule has 14 aromatic rings. The number of para-hydroxylation sites is 3. The summed E-state index contributed by atoms with van der Waals surface area (Å²) in [7, 11) is 0. The van der Waals surface area contributed by atoms with Crippen molar-refractivity contribution in [3.05, 3.63) is 231 Å². The van der Waals surface area contributed by atoms with Crippen LogP contribution in [-0.2, 0) is 0 Å². The van der Waals surface area contributed by atoms with Gasteiger partial charge in [-0.1, -0.05) is 188 Å². The van der Waals surface area contributed by atoms with Gasteiger partial charge in [-0.2, -0.15) is 0 Å². The van der Waals surface area contributed by atoms with E-state index >= 15 is 0 Å². The molecule has 0 saturated heterocycles. The first-order chi connectivity index (χ1) is 34.2. The minimum atomic E-state index is 0.603. The van der Waals surface area contributed by atoms with Crippen LogP contribution in [0.3, 0.4) is 0 Å². The Kier molecular flexibility index (Phi) is 8.79. The Balaban J connectivity index is 0.973. The van der Waals surface area contributed by atoms with Crippen LogP contribution in [0.2, 0.25) is 0 Å². The zero-order chi connectivity index (χ0) is 45.4. The average Bonchev–Trinajstić information content (AvgIpc) is 4.11. The van der Waals surface area contributed by atoms with Gasteiger partial charge in [0.2, 0.25) is 0 Å². The molecule has 0 atom stereocenters. The lowest BCUT2D eigenvalue weighted by Gasteiger charge is -2.15. The second-order valence-corrected chi connectivity index (χ2v) is 17.5. The summed E-state index contributed by atoms with van der Waals surface area (Å²) in [5.74, 6) is 1.85. The van der Waals surface area contributed by atoms with E-state index in [1.807, 2.05) is 66.7 Å². The van der Waals surface area contributed by atoms with Crippen LogP contribution in [0.5, 0.6) is 0 Å². The normalized spacial score (nSPS) is 11.8. The number of fused-ring (bicyclic) bond motifs is 9. The fourth-order valence-electron chi connectivity index (χ4n) is 10.3. The highest BCUT2D eigenvalue weighted by molar-refractivity contribution is 6.19. The van der Waals surface area contributed by atoms with Crippen LogP contribution in [0.4, 0.5) is 0 Å². The van der Waals surface area contributed by atoms with Crippen molar-refractivity contribution in [3.8, 4) is 73.2 Å². The van der Waals surface area contributed by atoms with Gasteiger partial charge in [0.05, 0.1) is 16.7 Å². The minimum Gasteiger partial charge on any atom is -0.455 e. The third kappa shape index (κ3) is 6.30. The van der Waals surface area contributed by atoms with Crippen LogP contribution in [0.25, 0.3) is 139 Å². The molecule has 4 heterocycles. The van der Waals surface area contributed by atoms with Gasteiger partial charge in [-0.05, 0) is 64.7 Å². The van der Waals surface area contributed by atoms with E-state index in [2.05, 4.69) is 168 Å². The topological polar surface area (TPSA) is 69.9 Å². The zero-order valence-electron chi connectivity index (χ0n) is 37.0. The number of aromatic nitrogens is 4. The molecule has 4 aromatic heterocycles. The first-order valence-electron chi connectivity index (χ1n) is 23.2. The van der Waals surface area contributed by atoms with Gasteiger partial charge in [0.25, 0.3) is 0 Å². The monoisotopic (exact) mass is 882 g/mol. The highest BCUT2D eigenvalue weighted by Gasteiger charge is 2.25. The standard InChI is InChI=1S/C63H38N4O2/c1-4-17-39(18-5-1)42-33-36-54-52(38-42)46-25-10-12-30-53(46)67(54)58-48(34-35-50-47-26-11-13-31-55(47)68-60(50)58)49-28-15-29-51-57-45(27-16-32-56(57)69-59(49)51)43-23-14-24-44(37-43)63-65-61(40-19-6-2-7-20-40)64-62(66-63)41-21-8-3-9-22-41/h1-38H. The van der Waals surface area contributed by atoms with E-state index in [1.165, 1.54) is 21.9 Å². The number of hydrogen-bond donors (Lipinski definition) is 0. The molecule has 10 aromatic carbocycles. The van der Waals surface area contributed by atoms with Gasteiger partial charge in [0, 0.05) is 60.1 Å². The van der Waals surface area contributed by atoms with Crippen LogP contribution in [-0.4, -0.2) is 19.5 Å². The van der Waals surface area contributed by atoms with E-state index in [-0.39, 0.29) is 0 Å². The molecular weight excluding hydrogens is 845 g/mol. The summed E-state index contributed by atoms with van der Waals surface area (Å²) in [5, 5.41) is 6.53. The molecule has 0 aliphatic heterocycles. The summed E-state index contributed by atoms with van der Waals surface area (Å²) in [5.41, 5.74) is 15.6. The van der Waals surface area contributed by atoms with Gasteiger partial charge < -0.3 is 13.4 Å². The van der Waals surface area contributed by atoms with Gasteiger partial charge in [0.15, 0.2) is 23.1 Å². The third-order valence-corrected chi connectivity index (χ3v) is 13.5. The van der Waals surface area contributed by atoms with Crippen LogP contribution in [0, 0.1) is 0 Å². The molecule has 0 aliphatic rings. The van der Waals surface area contributed by atoms with Gasteiger partial charge >= 0.3 is 0 Å².